The Morgan fingerprint density at radius 3 is 2.67 bits per heavy atom. The lowest BCUT2D eigenvalue weighted by Crippen LogP contribution is -2.12. The van der Waals surface area contributed by atoms with E-state index in [4.69, 9.17) is 9.84 Å². The van der Waals surface area contributed by atoms with E-state index in [1.165, 1.54) is 18.6 Å². The number of hydrogen-bond acceptors (Lipinski definition) is 5. The molecule has 0 radical (unpaired) electrons. The number of ether oxygens (including phenoxy) is 1. The molecule has 1 aromatic heterocycles. The summed E-state index contributed by atoms with van der Waals surface area (Å²) >= 11 is 0.774. The lowest BCUT2D eigenvalue weighted by Gasteiger charge is -2.10. The SMILES string of the molecule is COc1cc(F)ccc1NS(=O)(=O)c1cc(C(=O)O)cs1. The molecule has 0 bridgehead atoms. The van der Waals surface area contributed by atoms with Crippen molar-refractivity contribution in [1.82, 2.24) is 0 Å². The van der Waals surface area contributed by atoms with Crippen molar-refractivity contribution >= 4 is 33.0 Å². The summed E-state index contributed by atoms with van der Waals surface area (Å²) in [4.78, 5) is 10.8. The van der Waals surface area contributed by atoms with Crippen LogP contribution in [0.4, 0.5) is 10.1 Å². The lowest BCUT2D eigenvalue weighted by atomic mass is 10.3. The minimum Gasteiger partial charge on any atom is -0.494 e. The van der Waals surface area contributed by atoms with Gasteiger partial charge in [-0.15, -0.1) is 11.3 Å². The molecule has 0 spiro atoms. The summed E-state index contributed by atoms with van der Waals surface area (Å²) in [6, 6.07) is 4.38. The maximum atomic E-state index is 13.1. The fraction of sp³-hybridized carbons (Fsp3) is 0.0833. The van der Waals surface area contributed by atoms with Crippen LogP contribution >= 0.6 is 11.3 Å². The van der Waals surface area contributed by atoms with Crippen molar-refractivity contribution in [3.8, 4) is 5.75 Å². The molecule has 0 aliphatic carbocycles. The van der Waals surface area contributed by atoms with Crippen LogP contribution in [-0.4, -0.2) is 26.6 Å². The van der Waals surface area contributed by atoms with E-state index in [9.17, 15) is 17.6 Å². The Balaban J connectivity index is 2.35. The number of carboxylic acids is 1. The summed E-state index contributed by atoms with van der Waals surface area (Å²) in [5.41, 5.74) is -0.0596. The molecule has 0 aliphatic rings. The molecule has 6 nitrogen and oxygen atoms in total. The van der Waals surface area contributed by atoms with Crippen molar-refractivity contribution in [1.29, 1.82) is 0 Å². The largest absolute Gasteiger partial charge is 0.494 e. The van der Waals surface area contributed by atoms with Gasteiger partial charge in [-0.2, -0.15) is 0 Å². The van der Waals surface area contributed by atoms with E-state index in [1.54, 1.807) is 0 Å². The van der Waals surface area contributed by atoms with Gasteiger partial charge in [0.2, 0.25) is 0 Å². The Morgan fingerprint density at radius 1 is 1.38 bits per heavy atom. The highest BCUT2D eigenvalue weighted by atomic mass is 32.2. The second kappa shape index (κ2) is 5.70. The fourth-order valence-electron chi connectivity index (χ4n) is 1.51. The van der Waals surface area contributed by atoms with Crippen molar-refractivity contribution in [2.45, 2.75) is 4.21 Å². The highest BCUT2D eigenvalue weighted by Crippen LogP contribution is 2.29. The van der Waals surface area contributed by atoms with Crippen LogP contribution in [0.15, 0.2) is 33.9 Å². The van der Waals surface area contributed by atoms with E-state index >= 15 is 0 Å². The number of sulfonamides is 1. The second-order valence-electron chi connectivity index (χ2n) is 3.91. The van der Waals surface area contributed by atoms with E-state index in [2.05, 4.69) is 4.72 Å². The Labute approximate surface area is 123 Å². The third-order valence-electron chi connectivity index (χ3n) is 2.50. The molecule has 1 aromatic carbocycles. The zero-order chi connectivity index (χ0) is 15.6. The van der Waals surface area contributed by atoms with Crippen LogP contribution in [-0.2, 0) is 10.0 Å². The molecule has 0 atom stereocenters. The van der Waals surface area contributed by atoms with Gasteiger partial charge in [-0.25, -0.2) is 17.6 Å². The molecule has 0 saturated heterocycles. The average molecular weight is 331 g/mol. The number of rotatable bonds is 5. The first-order chi connectivity index (χ1) is 9.83. The number of carbonyl (C=O) groups is 1. The molecule has 9 heteroatoms. The first-order valence-corrected chi connectivity index (χ1v) is 7.88. The minimum absolute atomic E-state index is 0.0218. The van der Waals surface area contributed by atoms with E-state index in [-0.39, 0.29) is 21.2 Å². The van der Waals surface area contributed by atoms with Gasteiger partial charge < -0.3 is 9.84 Å². The lowest BCUT2D eigenvalue weighted by molar-refractivity contribution is 0.0697. The number of carboxylic acid groups (broad SMARTS) is 1. The molecule has 21 heavy (non-hydrogen) atoms. The second-order valence-corrected chi connectivity index (χ2v) is 6.73. The molecule has 0 saturated carbocycles. The van der Waals surface area contributed by atoms with E-state index in [0.29, 0.717) is 0 Å². The Hall–Kier alpha value is -2.13. The predicted molar refractivity (Wildman–Crippen MR) is 75.0 cm³/mol. The number of halogens is 1. The number of hydrogen-bond donors (Lipinski definition) is 2. The van der Waals surface area contributed by atoms with Gasteiger partial charge in [-0.1, -0.05) is 0 Å². The summed E-state index contributed by atoms with van der Waals surface area (Å²) in [6.45, 7) is 0. The highest BCUT2D eigenvalue weighted by Gasteiger charge is 2.20. The average Bonchev–Trinajstić information content (AvgIpc) is 2.91. The molecule has 1 heterocycles. The van der Waals surface area contributed by atoms with Gasteiger partial charge in [0.1, 0.15) is 15.8 Å². The van der Waals surface area contributed by atoms with Crippen molar-refractivity contribution in [2.24, 2.45) is 0 Å². The molecule has 2 rings (SSSR count). The smallest absolute Gasteiger partial charge is 0.336 e. The maximum absolute atomic E-state index is 13.1. The van der Waals surface area contributed by atoms with Crippen LogP contribution in [0.25, 0.3) is 0 Å². The van der Waals surface area contributed by atoms with Crippen LogP contribution < -0.4 is 9.46 Å². The molecule has 112 valence electrons. The third-order valence-corrected chi connectivity index (χ3v) is 5.30. The number of aromatic carboxylic acids is 1. The normalized spacial score (nSPS) is 11.1. The minimum atomic E-state index is -3.97. The molecule has 2 aromatic rings. The van der Waals surface area contributed by atoms with Gasteiger partial charge in [-0.3, -0.25) is 4.72 Å². The van der Waals surface area contributed by atoms with Crippen molar-refractivity contribution < 1.29 is 27.4 Å². The highest BCUT2D eigenvalue weighted by molar-refractivity contribution is 7.94. The van der Waals surface area contributed by atoms with Crippen molar-refractivity contribution in [2.75, 3.05) is 11.8 Å². The van der Waals surface area contributed by atoms with Crippen molar-refractivity contribution in [3.63, 3.8) is 0 Å². The van der Waals surface area contributed by atoms with E-state index in [1.807, 2.05) is 0 Å². The first-order valence-electron chi connectivity index (χ1n) is 5.51. The fourth-order valence-corrected chi connectivity index (χ4v) is 3.74. The summed E-state index contributed by atoms with van der Waals surface area (Å²) in [6.07, 6.45) is 0. The predicted octanol–water partition coefficient (Wildman–Crippen LogP) is 2.39. The molecule has 0 amide bonds. The van der Waals surface area contributed by atoms with Crippen LogP contribution in [0.3, 0.4) is 0 Å². The molecular formula is C12H10FNO5S2. The summed E-state index contributed by atoms with van der Waals surface area (Å²) in [5, 5.41) is 10.0. The van der Waals surface area contributed by atoms with Gasteiger partial charge in [0.25, 0.3) is 10.0 Å². The summed E-state index contributed by atoms with van der Waals surface area (Å²) < 4.78 is 44.3. The van der Waals surface area contributed by atoms with Gasteiger partial charge in [0, 0.05) is 11.4 Å². The van der Waals surface area contributed by atoms with Crippen LogP contribution in [0.1, 0.15) is 10.4 Å². The maximum Gasteiger partial charge on any atom is 0.336 e. The van der Waals surface area contributed by atoms with E-state index in [0.717, 1.165) is 29.5 Å². The monoisotopic (exact) mass is 331 g/mol. The van der Waals surface area contributed by atoms with Crippen molar-refractivity contribution in [3.05, 3.63) is 41.0 Å². The molecule has 0 fully saturated rings. The topological polar surface area (TPSA) is 92.7 Å². The van der Waals surface area contributed by atoms with Gasteiger partial charge in [0.15, 0.2) is 0 Å². The Kier molecular flexibility index (Phi) is 4.14. The number of anilines is 1. The van der Waals surface area contributed by atoms with Crippen LogP contribution in [0.2, 0.25) is 0 Å². The third kappa shape index (κ3) is 3.31. The number of benzene rings is 1. The zero-order valence-electron chi connectivity index (χ0n) is 10.7. The quantitative estimate of drug-likeness (QED) is 0.877. The van der Waals surface area contributed by atoms with Crippen LogP contribution in [0, 0.1) is 5.82 Å². The molecule has 2 N–H and O–H groups in total. The number of methoxy groups -OCH3 is 1. The standard InChI is InChI=1S/C12H10FNO5S2/c1-19-10-5-8(13)2-3-9(10)14-21(17,18)11-4-7(6-20-11)12(15)16/h2-6,14H,1H3,(H,15,16). The summed E-state index contributed by atoms with van der Waals surface area (Å²) in [5.74, 6) is -1.76. The molecular weight excluding hydrogens is 321 g/mol. The summed E-state index contributed by atoms with van der Waals surface area (Å²) in [7, 11) is -2.69. The first kappa shape index (κ1) is 15.3. The van der Waals surface area contributed by atoms with Gasteiger partial charge >= 0.3 is 5.97 Å². The molecule has 0 unspecified atom stereocenters. The number of thiophene rings is 1. The molecule has 0 aliphatic heterocycles. The van der Waals surface area contributed by atoms with Gasteiger partial charge in [-0.05, 0) is 18.2 Å². The Bertz CT molecular complexity index is 785. The number of nitrogens with one attached hydrogen (secondary N) is 1. The van der Waals surface area contributed by atoms with E-state index < -0.39 is 21.8 Å². The van der Waals surface area contributed by atoms with Crippen LogP contribution in [0.5, 0.6) is 5.75 Å². The zero-order valence-corrected chi connectivity index (χ0v) is 12.3. The Morgan fingerprint density at radius 2 is 2.10 bits per heavy atom. The van der Waals surface area contributed by atoms with Gasteiger partial charge in [0.05, 0.1) is 18.4 Å².